The van der Waals surface area contributed by atoms with Crippen molar-refractivity contribution in [3.63, 3.8) is 0 Å². The highest BCUT2D eigenvalue weighted by Crippen LogP contribution is 2.36. The summed E-state index contributed by atoms with van der Waals surface area (Å²) in [4.78, 5) is 14.7. The molecule has 6 heteroatoms. The zero-order valence-corrected chi connectivity index (χ0v) is 15.4. The first-order valence-electron chi connectivity index (χ1n) is 8.21. The molecule has 0 radical (unpaired) electrons. The van der Waals surface area contributed by atoms with Crippen molar-refractivity contribution in [2.24, 2.45) is 0 Å². The van der Waals surface area contributed by atoms with Gasteiger partial charge in [0.25, 0.3) is 5.91 Å². The Bertz CT molecular complexity index is 1000. The molecule has 130 valence electrons. The Morgan fingerprint density at radius 1 is 1.15 bits per heavy atom. The van der Waals surface area contributed by atoms with Crippen LogP contribution in [0.3, 0.4) is 0 Å². The van der Waals surface area contributed by atoms with E-state index in [-0.39, 0.29) is 19.1 Å². The van der Waals surface area contributed by atoms with Gasteiger partial charge in [-0.1, -0.05) is 66.4 Å². The van der Waals surface area contributed by atoms with E-state index in [1.165, 1.54) is 16.7 Å². The van der Waals surface area contributed by atoms with E-state index in [4.69, 9.17) is 17.3 Å². The van der Waals surface area contributed by atoms with Gasteiger partial charge in [-0.3, -0.25) is 9.69 Å². The van der Waals surface area contributed by atoms with Crippen LogP contribution in [0.1, 0.15) is 5.56 Å². The van der Waals surface area contributed by atoms with Gasteiger partial charge in [0.05, 0.1) is 18.1 Å². The first-order chi connectivity index (χ1) is 12.7. The van der Waals surface area contributed by atoms with Crippen LogP contribution in [-0.2, 0) is 4.79 Å². The van der Waals surface area contributed by atoms with Crippen molar-refractivity contribution < 1.29 is 9.90 Å². The molecule has 2 aliphatic heterocycles. The number of fused-ring (bicyclic) bond motifs is 1. The van der Waals surface area contributed by atoms with Gasteiger partial charge in [-0.05, 0) is 28.5 Å². The number of rotatable bonds is 3. The number of thiocarbonyl (C=S) groups is 1. The van der Waals surface area contributed by atoms with Crippen molar-refractivity contribution in [2.75, 3.05) is 13.2 Å². The first kappa shape index (κ1) is 17.0. The molecule has 0 atom stereocenters. The summed E-state index contributed by atoms with van der Waals surface area (Å²) >= 11 is 6.56. The van der Waals surface area contributed by atoms with Crippen molar-refractivity contribution in [3.05, 3.63) is 76.9 Å². The fourth-order valence-electron chi connectivity index (χ4n) is 3.09. The highest BCUT2D eigenvalue weighted by molar-refractivity contribution is 8.26. The van der Waals surface area contributed by atoms with Crippen LogP contribution in [0.2, 0.25) is 0 Å². The van der Waals surface area contributed by atoms with Gasteiger partial charge in [0.1, 0.15) is 4.32 Å². The van der Waals surface area contributed by atoms with Crippen LogP contribution >= 0.6 is 24.0 Å². The quantitative estimate of drug-likeness (QED) is 0.631. The molecule has 1 saturated heterocycles. The fraction of sp³-hybridized carbons (Fsp3) is 0.100. The summed E-state index contributed by atoms with van der Waals surface area (Å²) < 4.78 is 0.485. The van der Waals surface area contributed by atoms with Crippen LogP contribution in [0.5, 0.6) is 0 Å². The van der Waals surface area contributed by atoms with E-state index < -0.39 is 0 Å². The Hall–Kier alpha value is -2.41. The van der Waals surface area contributed by atoms with Crippen LogP contribution < -0.4 is 5.32 Å². The number of amides is 1. The standard InChI is InChI=1S/C20H16N2O2S2/c23-11-10-22-19(24)18(26-20(22)25)14-8-9-21-17(12-14)16-7-3-5-13-4-1-2-6-15(13)16/h1-9,12,21,23H,10-11H2. The van der Waals surface area contributed by atoms with Crippen molar-refractivity contribution in [2.45, 2.75) is 0 Å². The molecular formula is C20H16N2O2S2. The molecule has 2 heterocycles. The van der Waals surface area contributed by atoms with Gasteiger partial charge in [-0.25, -0.2) is 0 Å². The van der Waals surface area contributed by atoms with Crippen molar-refractivity contribution >= 4 is 50.7 Å². The lowest BCUT2D eigenvalue weighted by molar-refractivity contribution is -0.122. The number of carbonyl (C=O) groups excluding carboxylic acids is 1. The highest BCUT2D eigenvalue weighted by atomic mass is 32.2. The number of hydrogen-bond donors (Lipinski definition) is 2. The predicted molar refractivity (Wildman–Crippen MR) is 110 cm³/mol. The van der Waals surface area contributed by atoms with E-state index in [2.05, 4.69) is 29.6 Å². The molecule has 0 saturated carbocycles. The van der Waals surface area contributed by atoms with Gasteiger partial charge >= 0.3 is 0 Å². The number of allylic oxidation sites excluding steroid dienone is 3. The molecule has 0 bridgehead atoms. The fourth-order valence-corrected chi connectivity index (χ4v) is 4.42. The summed E-state index contributed by atoms with van der Waals surface area (Å²) in [5, 5.41) is 14.7. The van der Waals surface area contributed by atoms with Crippen molar-refractivity contribution in [1.29, 1.82) is 0 Å². The number of aliphatic hydroxyl groups is 1. The number of nitrogens with zero attached hydrogens (tertiary/aromatic N) is 1. The van der Waals surface area contributed by atoms with Gasteiger partial charge in [0.15, 0.2) is 0 Å². The van der Waals surface area contributed by atoms with Gasteiger partial charge in [-0.15, -0.1) is 0 Å². The number of thioether (sulfide) groups is 1. The Morgan fingerprint density at radius 2 is 1.96 bits per heavy atom. The molecule has 4 nitrogen and oxygen atoms in total. The molecule has 0 spiro atoms. The molecule has 1 amide bonds. The Balaban J connectivity index is 1.78. The second kappa shape index (κ2) is 7.07. The summed E-state index contributed by atoms with van der Waals surface area (Å²) in [5.74, 6) is -0.149. The molecule has 0 aromatic heterocycles. The SMILES string of the molecule is O=C1C(=C2C=CNC(c3cccc4ccccc34)=C2)SC(=S)N1CCO. The first-order valence-corrected chi connectivity index (χ1v) is 9.43. The van der Waals surface area contributed by atoms with Crippen LogP contribution in [-0.4, -0.2) is 33.4 Å². The largest absolute Gasteiger partial charge is 0.395 e. The van der Waals surface area contributed by atoms with Crippen LogP contribution in [0, 0.1) is 0 Å². The lowest BCUT2D eigenvalue weighted by Crippen LogP contribution is -2.31. The summed E-state index contributed by atoms with van der Waals surface area (Å²) in [7, 11) is 0. The van der Waals surface area contributed by atoms with E-state index in [1.807, 2.05) is 36.6 Å². The maximum Gasteiger partial charge on any atom is 0.266 e. The number of aliphatic hydroxyl groups excluding tert-OH is 1. The maximum atomic E-state index is 12.6. The minimum absolute atomic E-state index is 0.108. The Morgan fingerprint density at radius 3 is 2.81 bits per heavy atom. The number of nitrogens with one attached hydrogen (secondary N) is 1. The minimum atomic E-state index is -0.149. The molecule has 0 unspecified atom stereocenters. The number of dihydropyridines is 1. The lowest BCUT2D eigenvalue weighted by Gasteiger charge is -2.16. The zero-order valence-electron chi connectivity index (χ0n) is 13.8. The molecular weight excluding hydrogens is 364 g/mol. The van der Waals surface area contributed by atoms with Crippen molar-refractivity contribution in [1.82, 2.24) is 10.2 Å². The zero-order chi connectivity index (χ0) is 18.1. The molecule has 2 N–H and O–H groups in total. The van der Waals surface area contributed by atoms with E-state index in [9.17, 15) is 4.79 Å². The third-order valence-electron chi connectivity index (χ3n) is 4.32. The predicted octanol–water partition coefficient (Wildman–Crippen LogP) is 3.40. The minimum Gasteiger partial charge on any atom is -0.395 e. The van der Waals surface area contributed by atoms with Crippen LogP contribution in [0.4, 0.5) is 0 Å². The van der Waals surface area contributed by atoms with Crippen LogP contribution in [0.25, 0.3) is 16.5 Å². The van der Waals surface area contributed by atoms with Gasteiger partial charge in [0, 0.05) is 17.5 Å². The lowest BCUT2D eigenvalue weighted by atomic mass is 9.99. The Labute approximate surface area is 160 Å². The van der Waals surface area contributed by atoms with Gasteiger partial charge in [-0.2, -0.15) is 0 Å². The second-order valence-electron chi connectivity index (χ2n) is 5.90. The van der Waals surface area contributed by atoms with Gasteiger partial charge in [0.2, 0.25) is 0 Å². The maximum absolute atomic E-state index is 12.6. The average Bonchev–Trinajstić information content (AvgIpc) is 2.96. The molecule has 26 heavy (non-hydrogen) atoms. The molecule has 0 aliphatic carbocycles. The molecule has 1 fully saturated rings. The monoisotopic (exact) mass is 380 g/mol. The average molecular weight is 380 g/mol. The summed E-state index contributed by atoms with van der Waals surface area (Å²) in [6, 6.07) is 14.4. The molecule has 2 aromatic carbocycles. The molecule has 2 aromatic rings. The van der Waals surface area contributed by atoms with E-state index >= 15 is 0 Å². The third kappa shape index (κ3) is 2.96. The van der Waals surface area contributed by atoms with Crippen molar-refractivity contribution in [3.8, 4) is 0 Å². The van der Waals surface area contributed by atoms with E-state index in [0.717, 1.165) is 27.6 Å². The normalized spacial score (nSPS) is 19.9. The summed E-state index contributed by atoms with van der Waals surface area (Å²) in [6.07, 6.45) is 5.69. The third-order valence-corrected chi connectivity index (χ3v) is 5.80. The smallest absolute Gasteiger partial charge is 0.266 e. The van der Waals surface area contributed by atoms with E-state index in [1.54, 1.807) is 0 Å². The van der Waals surface area contributed by atoms with E-state index in [0.29, 0.717) is 9.23 Å². The Kier molecular flexibility index (Phi) is 4.63. The number of β-amino-alcohol motifs (C(OH)–C–C–N with tert-alkyl or cyclic N) is 1. The summed E-state index contributed by atoms with van der Waals surface area (Å²) in [6.45, 7) is 0.118. The topological polar surface area (TPSA) is 52.6 Å². The summed E-state index contributed by atoms with van der Waals surface area (Å²) in [5.41, 5.74) is 2.84. The number of hydrogen-bond acceptors (Lipinski definition) is 5. The van der Waals surface area contributed by atoms with Crippen LogP contribution in [0.15, 0.2) is 71.3 Å². The molecule has 4 rings (SSSR count). The molecule has 2 aliphatic rings. The van der Waals surface area contributed by atoms with Gasteiger partial charge < -0.3 is 10.4 Å². The second-order valence-corrected chi connectivity index (χ2v) is 7.54. The number of benzene rings is 2. The highest BCUT2D eigenvalue weighted by Gasteiger charge is 2.33. The number of carbonyl (C=O) groups is 1.